The second kappa shape index (κ2) is 16.1. The minimum Gasteiger partial charge on any atom is -0.309 e. The summed E-state index contributed by atoms with van der Waals surface area (Å²) < 4.78 is 4.85. The fourth-order valence-electron chi connectivity index (χ4n) is 10.0. The molecule has 0 atom stereocenters. The Labute approximate surface area is 392 Å². The predicted octanol–water partition coefficient (Wildman–Crippen LogP) is 16.7. The Hall–Kier alpha value is -8.64. The van der Waals surface area contributed by atoms with Gasteiger partial charge in [0.25, 0.3) is 0 Å². The summed E-state index contributed by atoms with van der Waals surface area (Å²) in [5, 5.41) is 16.5. The predicted molar refractivity (Wildman–Crippen MR) is 281 cm³/mol. The van der Waals surface area contributed by atoms with Crippen molar-refractivity contribution in [1.29, 1.82) is 0 Å². The van der Waals surface area contributed by atoms with E-state index in [2.05, 4.69) is 252 Å². The van der Waals surface area contributed by atoms with Crippen LogP contribution in [0, 0.1) is 0 Å². The lowest BCUT2D eigenvalue weighted by Gasteiger charge is -2.15. The quantitative estimate of drug-likeness (QED) is 0.152. The Balaban J connectivity index is 1.00. The average molecular weight is 873 g/mol. The molecular formula is C62H40N4S. The van der Waals surface area contributed by atoms with E-state index in [0.29, 0.717) is 0 Å². The molecule has 67 heavy (non-hydrogen) atoms. The SMILES string of the molecule is c1ccc(-c2cc(-c3ccccc3)cc(-n3c4ccccc4c4c(-c5nnc(-c6cccc7c8ccccc8n(-c8cc(-c9ccccc9)cc(-c9ccccc9)c8)c67)s5)cccc43)c2)cc1. The van der Waals surface area contributed by atoms with Crippen molar-refractivity contribution in [3.63, 3.8) is 0 Å². The summed E-state index contributed by atoms with van der Waals surface area (Å²) in [4.78, 5) is 0. The van der Waals surface area contributed by atoms with E-state index in [1.54, 1.807) is 11.3 Å². The van der Waals surface area contributed by atoms with Crippen LogP contribution in [-0.4, -0.2) is 19.3 Å². The molecule has 0 bridgehead atoms. The maximum absolute atomic E-state index is 5.04. The van der Waals surface area contributed by atoms with Gasteiger partial charge >= 0.3 is 0 Å². The van der Waals surface area contributed by atoms with Gasteiger partial charge in [-0.15, -0.1) is 10.2 Å². The van der Waals surface area contributed by atoms with E-state index in [4.69, 9.17) is 10.2 Å². The molecule has 4 nitrogen and oxygen atoms in total. The largest absolute Gasteiger partial charge is 0.309 e. The van der Waals surface area contributed by atoms with Gasteiger partial charge in [-0.2, -0.15) is 0 Å². The monoisotopic (exact) mass is 872 g/mol. The molecule has 10 aromatic carbocycles. The second-order valence-electron chi connectivity index (χ2n) is 17.0. The Bertz CT molecular complexity index is 3850. The molecule has 0 aliphatic rings. The first-order chi connectivity index (χ1) is 33.2. The summed E-state index contributed by atoms with van der Waals surface area (Å²) in [6, 6.07) is 87.3. The molecule has 5 heteroatoms. The Morgan fingerprint density at radius 2 is 0.672 bits per heavy atom. The third-order valence-corrected chi connectivity index (χ3v) is 14.0. The van der Waals surface area contributed by atoms with Crippen LogP contribution in [0.15, 0.2) is 243 Å². The lowest BCUT2D eigenvalue weighted by atomic mass is 9.98. The first-order valence-electron chi connectivity index (χ1n) is 22.6. The van der Waals surface area contributed by atoms with Crippen molar-refractivity contribution < 1.29 is 0 Å². The third-order valence-electron chi connectivity index (χ3n) is 13.1. The number of para-hydroxylation sites is 3. The highest BCUT2D eigenvalue weighted by Gasteiger charge is 2.23. The van der Waals surface area contributed by atoms with Gasteiger partial charge in [-0.1, -0.05) is 193 Å². The molecule has 314 valence electrons. The molecule has 0 saturated carbocycles. The molecule has 0 unspecified atom stereocenters. The van der Waals surface area contributed by atoms with Crippen LogP contribution in [-0.2, 0) is 0 Å². The van der Waals surface area contributed by atoms with E-state index >= 15 is 0 Å². The Morgan fingerprint density at radius 3 is 1.21 bits per heavy atom. The van der Waals surface area contributed by atoms with Crippen molar-refractivity contribution in [2.24, 2.45) is 0 Å². The minimum absolute atomic E-state index is 0.871. The van der Waals surface area contributed by atoms with Gasteiger partial charge in [-0.3, -0.25) is 0 Å². The molecule has 13 rings (SSSR count). The zero-order valence-corrected chi connectivity index (χ0v) is 37.1. The fourth-order valence-corrected chi connectivity index (χ4v) is 10.9. The third kappa shape index (κ3) is 6.67. The van der Waals surface area contributed by atoms with Crippen LogP contribution in [0.25, 0.3) is 121 Å². The molecule has 0 spiro atoms. The zero-order valence-electron chi connectivity index (χ0n) is 36.3. The van der Waals surface area contributed by atoms with E-state index < -0.39 is 0 Å². The smallest absolute Gasteiger partial charge is 0.150 e. The molecule has 0 saturated heterocycles. The lowest BCUT2D eigenvalue weighted by molar-refractivity contribution is 1.10. The molecule has 0 radical (unpaired) electrons. The van der Waals surface area contributed by atoms with E-state index in [-0.39, 0.29) is 0 Å². The van der Waals surface area contributed by atoms with Crippen LogP contribution in [0.1, 0.15) is 0 Å². The van der Waals surface area contributed by atoms with Gasteiger partial charge in [0.15, 0.2) is 0 Å². The van der Waals surface area contributed by atoms with E-state index in [0.717, 1.165) is 71.1 Å². The Morgan fingerprint density at radius 1 is 0.284 bits per heavy atom. The van der Waals surface area contributed by atoms with Gasteiger partial charge in [-0.05, 0) is 105 Å². The van der Waals surface area contributed by atoms with E-state index in [9.17, 15) is 0 Å². The molecule has 0 amide bonds. The first kappa shape index (κ1) is 38.8. The van der Waals surface area contributed by atoms with Gasteiger partial charge in [0, 0.05) is 44.0 Å². The normalized spacial score (nSPS) is 11.6. The van der Waals surface area contributed by atoms with Gasteiger partial charge < -0.3 is 9.13 Å². The summed E-state index contributed by atoms with van der Waals surface area (Å²) in [5.41, 5.74) is 18.2. The Kier molecular flexibility index (Phi) is 9.32. The first-order valence-corrected chi connectivity index (χ1v) is 23.5. The minimum atomic E-state index is 0.871. The zero-order chi connectivity index (χ0) is 44.3. The highest BCUT2D eigenvalue weighted by molar-refractivity contribution is 7.18. The number of benzene rings is 10. The molecule has 0 aliphatic carbocycles. The van der Waals surface area contributed by atoms with Crippen molar-refractivity contribution in [3.8, 4) is 77.0 Å². The van der Waals surface area contributed by atoms with Crippen molar-refractivity contribution in [2.75, 3.05) is 0 Å². The number of hydrogen-bond acceptors (Lipinski definition) is 3. The van der Waals surface area contributed by atoms with E-state index in [1.807, 2.05) is 0 Å². The number of nitrogens with zero attached hydrogens (tertiary/aromatic N) is 4. The molecule has 13 aromatic rings. The summed E-state index contributed by atoms with van der Waals surface area (Å²) in [5.74, 6) is 0. The van der Waals surface area contributed by atoms with Crippen LogP contribution < -0.4 is 0 Å². The molecule has 3 aromatic heterocycles. The van der Waals surface area contributed by atoms with Gasteiger partial charge in [-0.25, -0.2) is 0 Å². The van der Waals surface area contributed by atoms with Crippen LogP contribution in [0.2, 0.25) is 0 Å². The van der Waals surface area contributed by atoms with Crippen molar-refractivity contribution >= 4 is 54.9 Å². The number of hydrogen-bond donors (Lipinski definition) is 0. The maximum atomic E-state index is 5.04. The molecule has 0 N–H and O–H groups in total. The molecule has 0 aliphatic heterocycles. The van der Waals surface area contributed by atoms with Crippen LogP contribution in [0.4, 0.5) is 0 Å². The van der Waals surface area contributed by atoms with Crippen LogP contribution in [0.3, 0.4) is 0 Å². The highest BCUT2D eigenvalue weighted by atomic mass is 32.1. The van der Waals surface area contributed by atoms with Crippen LogP contribution in [0.5, 0.6) is 0 Å². The lowest BCUT2D eigenvalue weighted by Crippen LogP contribution is -1.97. The van der Waals surface area contributed by atoms with Crippen LogP contribution >= 0.6 is 11.3 Å². The average Bonchev–Trinajstić information content (AvgIpc) is 4.13. The number of aromatic nitrogens is 4. The van der Waals surface area contributed by atoms with E-state index in [1.165, 1.54) is 49.5 Å². The summed E-state index contributed by atoms with van der Waals surface area (Å²) in [6.07, 6.45) is 0. The maximum Gasteiger partial charge on any atom is 0.150 e. The highest BCUT2D eigenvalue weighted by Crippen LogP contribution is 2.45. The van der Waals surface area contributed by atoms with Gasteiger partial charge in [0.2, 0.25) is 0 Å². The molecule has 0 fully saturated rings. The second-order valence-corrected chi connectivity index (χ2v) is 18.0. The summed E-state index contributed by atoms with van der Waals surface area (Å²) >= 11 is 1.65. The molecule has 3 heterocycles. The van der Waals surface area contributed by atoms with Gasteiger partial charge in [0.1, 0.15) is 10.0 Å². The number of rotatable bonds is 8. The fraction of sp³-hybridized carbons (Fsp3) is 0. The summed E-state index contributed by atoms with van der Waals surface area (Å²) in [7, 11) is 0. The topological polar surface area (TPSA) is 35.6 Å². The van der Waals surface area contributed by atoms with Gasteiger partial charge in [0.05, 0.1) is 22.1 Å². The van der Waals surface area contributed by atoms with Crippen molar-refractivity contribution in [1.82, 2.24) is 19.3 Å². The number of fused-ring (bicyclic) bond motifs is 6. The van der Waals surface area contributed by atoms with Crippen molar-refractivity contribution in [2.45, 2.75) is 0 Å². The molecular weight excluding hydrogens is 833 g/mol. The standard InChI is InChI=1S/C62H40N4S/c1-5-19-41(20-6-1)45-35-46(42-21-7-2-8-22-42)38-49(37-45)65-57-33-16-14-28-53(57)59-54(30-18-34-58(59)65)61-63-64-62(67-61)55-31-17-29-52-51-27-13-15-32-56(51)66(60(52)55)50-39-47(43-23-9-3-10-24-43)36-48(40-50)44-25-11-4-12-26-44/h1-40H. The van der Waals surface area contributed by atoms with Crippen molar-refractivity contribution in [3.05, 3.63) is 243 Å². The summed E-state index contributed by atoms with van der Waals surface area (Å²) in [6.45, 7) is 0.